The molecular formula is C10H15ClN2O2. The minimum Gasteiger partial charge on any atom is -0.389 e. The third-order valence-corrected chi connectivity index (χ3v) is 2.35. The zero-order valence-electron chi connectivity index (χ0n) is 8.74. The SMILES string of the molecule is CNCC(O)C(O)c1ncc(Cl)cc1C. The second-order valence-electron chi connectivity index (χ2n) is 3.43. The molecule has 1 rings (SSSR count). The smallest absolute Gasteiger partial charge is 0.123 e. The van der Waals surface area contributed by atoms with Crippen LogP contribution in [-0.2, 0) is 0 Å². The molecule has 0 aliphatic carbocycles. The van der Waals surface area contributed by atoms with Crippen LogP contribution in [0.15, 0.2) is 12.3 Å². The fourth-order valence-electron chi connectivity index (χ4n) is 1.36. The quantitative estimate of drug-likeness (QED) is 0.711. The highest BCUT2D eigenvalue weighted by Gasteiger charge is 2.20. The summed E-state index contributed by atoms with van der Waals surface area (Å²) in [6.07, 6.45) is -0.406. The van der Waals surface area contributed by atoms with E-state index in [9.17, 15) is 10.2 Å². The standard InChI is InChI=1S/C10H15ClN2O2/c1-6-3-7(11)4-13-9(6)10(15)8(14)5-12-2/h3-4,8,10,12,14-15H,5H2,1-2H3. The van der Waals surface area contributed by atoms with Gasteiger partial charge in [0.15, 0.2) is 0 Å². The first-order valence-corrected chi connectivity index (χ1v) is 5.06. The van der Waals surface area contributed by atoms with E-state index in [0.717, 1.165) is 5.56 Å². The summed E-state index contributed by atoms with van der Waals surface area (Å²) in [6.45, 7) is 2.11. The summed E-state index contributed by atoms with van der Waals surface area (Å²) in [5.41, 5.74) is 1.23. The lowest BCUT2D eigenvalue weighted by molar-refractivity contribution is 0.0173. The molecule has 0 amide bonds. The van der Waals surface area contributed by atoms with Gasteiger partial charge in [-0.15, -0.1) is 0 Å². The number of halogens is 1. The van der Waals surface area contributed by atoms with Gasteiger partial charge in [0.2, 0.25) is 0 Å². The van der Waals surface area contributed by atoms with Gasteiger partial charge >= 0.3 is 0 Å². The van der Waals surface area contributed by atoms with Crippen LogP contribution >= 0.6 is 11.6 Å². The summed E-state index contributed by atoms with van der Waals surface area (Å²) in [4.78, 5) is 4.01. The first kappa shape index (κ1) is 12.4. The van der Waals surface area contributed by atoms with Crippen molar-refractivity contribution in [3.63, 3.8) is 0 Å². The van der Waals surface area contributed by atoms with Crippen molar-refractivity contribution >= 4 is 11.6 Å². The highest BCUT2D eigenvalue weighted by molar-refractivity contribution is 6.30. The zero-order valence-corrected chi connectivity index (χ0v) is 9.49. The number of aliphatic hydroxyl groups is 2. The van der Waals surface area contributed by atoms with Gasteiger partial charge in [-0.25, -0.2) is 0 Å². The Labute approximate surface area is 93.9 Å². The number of aliphatic hydroxyl groups excluding tert-OH is 2. The van der Waals surface area contributed by atoms with Crippen LogP contribution in [0.5, 0.6) is 0 Å². The Kier molecular flexibility index (Phi) is 4.47. The van der Waals surface area contributed by atoms with Crippen LogP contribution < -0.4 is 5.32 Å². The number of hydrogen-bond donors (Lipinski definition) is 3. The Hall–Kier alpha value is -0.680. The van der Waals surface area contributed by atoms with Crippen molar-refractivity contribution in [2.75, 3.05) is 13.6 Å². The van der Waals surface area contributed by atoms with Gasteiger partial charge < -0.3 is 15.5 Å². The van der Waals surface area contributed by atoms with Gasteiger partial charge in [-0.3, -0.25) is 4.98 Å². The molecule has 0 spiro atoms. The van der Waals surface area contributed by atoms with Crippen LogP contribution in [0.2, 0.25) is 5.02 Å². The Morgan fingerprint density at radius 3 is 2.73 bits per heavy atom. The summed E-state index contributed by atoms with van der Waals surface area (Å²) in [5.74, 6) is 0. The van der Waals surface area contributed by atoms with Gasteiger partial charge in [0.25, 0.3) is 0 Å². The van der Waals surface area contributed by atoms with E-state index in [0.29, 0.717) is 17.3 Å². The van der Waals surface area contributed by atoms with E-state index in [1.54, 1.807) is 20.0 Å². The molecule has 0 aliphatic rings. The van der Waals surface area contributed by atoms with Gasteiger partial charge in [0, 0.05) is 12.7 Å². The summed E-state index contributed by atoms with van der Waals surface area (Å²) >= 11 is 5.74. The van der Waals surface area contributed by atoms with Crippen LogP contribution in [0.1, 0.15) is 17.4 Å². The number of nitrogens with zero attached hydrogens (tertiary/aromatic N) is 1. The average molecular weight is 231 g/mol. The molecule has 3 N–H and O–H groups in total. The van der Waals surface area contributed by atoms with Gasteiger partial charge in [-0.1, -0.05) is 11.6 Å². The summed E-state index contributed by atoms with van der Waals surface area (Å²) < 4.78 is 0. The fraction of sp³-hybridized carbons (Fsp3) is 0.500. The lowest BCUT2D eigenvalue weighted by Crippen LogP contribution is -2.30. The van der Waals surface area contributed by atoms with Crippen LogP contribution in [0.25, 0.3) is 0 Å². The minimum absolute atomic E-state index is 0.310. The van der Waals surface area contributed by atoms with Crippen molar-refractivity contribution in [3.8, 4) is 0 Å². The normalized spacial score (nSPS) is 15.0. The lowest BCUT2D eigenvalue weighted by Gasteiger charge is -2.18. The second-order valence-corrected chi connectivity index (χ2v) is 3.86. The largest absolute Gasteiger partial charge is 0.389 e. The molecule has 0 fully saturated rings. The van der Waals surface area contributed by atoms with Crippen molar-refractivity contribution < 1.29 is 10.2 Å². The number of aryl methyl sites for hydroxylation is 1. The minimum atomic E-state index is -0.991. The lowest BCUT2D eigenvalue weighted by atomic mass is 10.1. The van der Waals surface area contributed by atoms with E-state index < -0.39 is 12.2 Å². The fourth-order valence-corrected chi connectivity index (χ4v) is 1.58. The third kappa shape index (κ3) is 3.14. The van der Waals surface area contributed by atoms with Crippen LogP contribution in [-0.4, -0.2) is 34.9 Å². The second kappa shape index (κ2) is 5.42. The molecule has 0 aromatic carbocycles. The highest BCUT2D eigenvalue weighted by atomic mass is 35.5. The monoisotopic (exact) mass is 230 g/mol. The zero-order chi connectivity index (χ0) is 11.4. The molecular weight excluding hydrogens is 216 g/mol. The molecule has 84 valence electrons. The van der Waals surface area contributed by atoms with Gasteiger partial charge in [-0.2, -0.15) is 0 Å². The van der Waals surface area contributed by atoms with Gasteiger partial charge in [0.05, 0.1) is 16.8 Å². The van der Waals surface area contributed by atoms with Crippen molar-refractivity contribution in [2.45, 2.75) is 19.1 Å². The van der Waals surface area contributed by atoms with Crippen LogP contribution in [0.4, 0.5) is 0 Å². The third-order valence-electron chi connectivity index (χ3n) is 2.14. The molecule has 1 aromatic rings. The Balaban J connectivity index is 2.86. The van der Waals surface area contributed by atoms with Crippen molar-refractivity contribution in [3.05, 3.63) is 28.5 Å². The molecule has 2 atom stereocenters. The molecule has 1 heterocycles. The summed E-state index contributed by atoms with van der Waals surface area (Å²) in [7, 11) is 1.71. The van der Waals surface area contributed by atoms with Crippen molar-refractivity contribution in [1.29, 1.82) is 0 Å². The molecule has 0 aliphatic heterocycles. The van der Waals surface area contributed by atoms with Gasteiger partial charge in [0.1, 0.15) is 6.10 Å². The van der Waals surface area contributed by atoms with E-state index in [1.165, 1.54) is 6.20 Å². The van der Waals surface area contributed by atoms with Crippen LogP contribution in [0, 0.1) is 6.92 Å². The van der Waals surface area contributed by atoms with Crippen molar-refractivity contribution in [1.82, 2.24) is 10.3 Å². The number of nitrogens with one attached hydrogen (secondary N) is 1. The molecule has 1 aromatic heterocycles. The Bertz CT molecular complexity index is 333. The van der Waals surface area contributed by atoms with Gasteiger partial charge in [-0.05, 0) is 25.6 Å². The molecule has 15 heavy (non-hydrogen) atoms. The summed E-state index contributed by atoms with van der Waals surface area (Å²) in [5, 5.41) is 22.7. The molecule has 0 bridgehead atoms. The number of pyridine rings is 1. The molecule has 4 nitrogen and oxygen atoms in total. The Morgan fingerprint density at radius 1 is 1.53 bits per heavy atom. The van der Waals surface area contributed by atoms with E-state index in [4.69, 9.17) is 11.6 Å². The maximum Gasteiger partial charge on any atom is 0.123 e. The predicted octanol–water partition coefficient (Wildman–Crippen LogP) is 0.657. The number of rotatable bonds is 4. The molecule has 5 heteroatoms. The summed E-state index contributed by atoms with van der Waals surface area (Å²) in [6, 6.07) is 1.71. The average Bonchev–Trinajstić information content (AvgIpc) is 2.17. The first-order chi connectivity index (χ1) is 7.06. The maximum absolute atomic E-state index is 9.80. The number of aromatic nitrogens is 1. The Morgan fingerprint density at radius 2 is 2.20 bits per heavy atom. The van der Waals surface area contributed by atoms with E-state index in [1.807, 2.05) is 0 Å². The highest BCUT2D eigenvalue weighted by Crippen LogP contribution is 2.20. The van der Waals surface area contributed by atoms with Crippen molar-refractivity contribution in [2.24, 2.45) is 0 Å². The maximum atomic E-state index is 9.80. The molecule has 2 unspecified atom stereocenters. The van der Waals surface area contributed by atoms with E-state index in [-0.39, 0.29) is 0 Å². The van der Waals surface area contributed by atoms with Crippen LogP contribution in [0.3, 0.4) is 0 Å². The predicted molar refractivity (Wildman–Crippen MR) is 58.9 cm³/mol. The van der Waals surface area contributed by atoms with E-state index >= 15 is 0 Å². The number of likely N-dealkylation sites (N-methyl/N-ethyl adjacent to an activating group) is 1. The number of hydrogen-bond acceptors (Lipinski definition) is 4. The molecule has 0 radical (unpaired) electrons. The topological polar surface area (TPSA) is 65.4 Å². The van der Waals surface area contributed by atoms with E-state index in [2.05, 4.69) is 10.3 Å². The molecule has 0 saturated carbocycles. The first-order valence-electron chi connectivity index (χ1n) is 4.69. The molecule has 0 saturated heterocycles.